The molecule has 15 nitrogen and oxygen atoms in total. The SMILES string of the molecule is CC[C@H]1OC(OC)(c2ccc(C)c(Cc3ccc(-c4ccc(F)cc4)s3)c2)[C@H](OC(C)=O)[C@@H](OC(C)=O)[C@@H]1OC(C)=O.CC[C@H]1OC(c2ccc(C)c(Cc3ccc(-c4ccc(C)cc4)s3)c2)[C@H](OC(C)=O)[C@@H](OC(C)=O)[C@@H]1OC(C)=O.II.I[I-]I. The zero-order valence-corrected chi connectivity index (χ0v) is 62.5. The van der Waals surface area contributed by atoms with Gasteiger partial charge in [-0.2, -0.15) is 0 Å². The number of aryl methyl sites for hydroxylation is 3. The summed E-state index contributed by atoms with van der Waals surface area (Å²) in [7, 11) is 1.42. The van der Waals surface area contributed by atoms with Gasteiger partial charge in [-0.1, -0.05) is 86.1 Å². The van der Waals surface area contributed by atoms with E-state index in [0.717, 1.165) is 49.6 Å². The average molecular weight is 1800 g/mol. The number of methoxy groups -OCH3 is 1. The van der Waals surface area contributed by atoms with Crippen molar-refractivity contribution in [2.24, 2.45) is 0 Å². The summed E-state index contributed by atoms with van der Waals surface area (Å²) in [5.41, 5.74) is 8.91. The van der Waals surface area contributed by atoms with Crippen molar-refractivity contribution in [2.45, 2.75) is 163 Å². The number of carbonyl (C=O) groups excluding carboxylic acids is 6. The van der Waals surface area contributed by atoms with Gasteiger partial charge in [0.05, 0.1) is 6.10 Å². The second kappa shape index (κ2) is 36.0. The van der Waals surface area contributed by atoms with Crippen molar-refractivity contribution >= 4 is 133 Å². The monoisotopic (exact) mass is 1800 g/mol. The van der Waals surface area contributed by atoms with Gasteiger partial charge < -0.3 is 42.6 Å². The van der Waals surface area contributed by atoms with Crippen molar-refractivity contribution in [3.05, 3.63) is 164 Å². The summed E-state index contributed by atoms with van der Waals surface area (Å²) in [5, 5.41) is 0. The van der Waals surface area contributed by atoms with Gasteiger partial charge >= 0.3 is 86.3 Å². The number of esters is 6. The van der Waals surface area contributed by atoms with Gasteiger partial charge in [-0.15, -0.1) is 22.7 Å². The first-order valence-corrected chi connectivity index (χ1v) is 48.1. The molecule has 472 valence electrons. The molecule has 0 spiro atoms. The molecule has 0 aliphatic carbocycles. The van der Waals surface area contributed by atoms with Gasteiger partial charge in [0, 0.05) is 124 Å². The number of ether oxygens (including phenoxy) is 9. The van der Waals surface area contributed by atoms with Crippen molar-refractivity contribution in [2.75, 3.05) is 7.11 Å². The van der Waals surface area contributed by atoms with Crippen molar-refractivity contribution in [1.82, 2.24) is 0 Å². The van der Waals surface area contributed by atoms with E-state index in [1.807, 2.05) is 63.2 Å². The van der Waals surface area contributed by atoms with Crippen LogP contribution in [0.15, 0.2) is 109 Å². The van der Waals surface area contributed by atoms with Crippen LogP contribution in [0.3, 0.4) is 0 Å². The first-order chi connectivity index (χ1) is 41.4. The Morgan fingerprint density at radius 2 is 0.966 bits per heavy atom. The molecule has 0 saturated carbocycles. The zero-order chi connectivity index (χ0) is 64.3. The molecule has 4 aromatic carbocycles. The number of hydrogen-bond acceptors (Lipinski definition) is 17. The number of thiophene rings is 2. The third-order valence-electron chi connectivity index (χ3n) is 14.2. The van der Waals surface area contributed by atoms with Gasteiger partial charge in [-0.25, -0.2) is 4.39 Å². The number of benzene rings is 4. The molecular formula is C64H71FI5O15S2-. The number of carbonyl (C=O) groups is 6. The summed E-state index contributed by atoms with van der Waals surface area (Å²) in [4.78, 5) is 77.3. The molecule has 2 aromatic heterocycles. The number of hydrogen-bond donors (Lipinski definition) is 0. The molecule has 6 aromatic rings. The molecule has 10 atom stereocenters. The molecule has 87 heavy (non-hydrogen) atoms. The fourth-order valence-corrected chi connectivity index (χ4v) is 12.4. The summed E-state index contributed by atoms with van der Waals surface area (Å²) in [5.74, 6) is -5.52. The molecule has 0 N–H and O–H groups in total. The van der Waals surface area contributed by atoms with Crippen LogP contribution in [0.2, 0.25) is 0 Å². The van der Waals surface area contributed by atoms with E-state index in [2.05, 4.69) is 131 Å². The molecule has 8 rings (SSSR count). The Balaban J connectivity index is 0.000000296. The maximum absolute atomic E-state index is 13.4. The zero-order valence-electron chi connectivity index (χ0n) is 50.1. The first-order valence-electron chi connectivity index (χ1n) is 27.6. The van der Waals surface area contributed by atoms with Crippen LogP contribution in [0.4, 0.5) is 4.39 Å². The summed E-state index contributed by atoms with van der Waals surface area (Å²) in [6, 6.07) is 34.9. The predicted molar refractivity (Wildman–Crippen MR) is 363 cm³/mol. The molecule has 0 amide bonds. The van der Waals surface area contributed by atoms with E-state index in [1.54, 1.807) is 34.8 Å². The minimum absolute atomic E-state index is 0.285. The van der Waals surface area contributed by atoms with Crippen molar-refractivity contribution in [3.63, 3.8) is 0 Å². The van der Waals surface area contributed by atoms with E-state index in [1.165, 1.54) is 81.7 Å². The molecule has 2 fully saturated rings. The van der Waals surface area contributed by atoms with E-state index >= 15 is 0 Å². The Kier molecular flexibility index (Phi) is 30.7. The number of rotatable bonds is 17. The van der Waals surface area contributed by atoms with Gasteiger partial charge in [0.1, 0.15) is 18.0 Å². The van der Waals surface area contributed by atoms with E-state index in [0.29, 0.717) is 38.1 Å². The van der Waals surface area contributed by atoms with E-state index < -0.39 is 96.5 Å². The van der Waals surface area contributed by atoms with Crippen LogP contribution in [0.5, 0.6) is 0 Å². The minimum atomic E-state index is -1.68. The molecular weight excluding hydrogens is 1730 g/mol. The van der Waals surface area contributed by atoms with E-state index in [4.69, 9.17) is 42.6 Å². The fourth-order valence-electron chi connectivity index (χ4n) is 10.4. The summed E-state index contributed by atoms with van der Waals surface area (Å²) in [6.45, 7) is 17.4. The molecule has 2 aliphatic heterocycles. The van der Waals surface area contributed by atoms with Gasteiger partial charge in [-0.3, -0.25) is 28.8 Å². The Bertz CT molecular complexity index is 3270. The second-order valence-electron chi connectivity index (χ2n) is 20.5. The topological polar surface area (TPSA) is 185 Å². The molecule has 2 saturated heterocycles. The third-order valence-corrected chi connectivity index (χ3v) is 16.5. The second-order valence-corrected chi connectivity index (χ2v) is 39.1. The van der Waals surface area contributed by atoms with Crippen LogP contribution in [0, 0.1) is 26.6 Å². The van der Waals surface area contributed by atoms with E-state index in [9.17, 15) is 33.2 Å². The van der Waals surface area contributed by atoms with Crippen LogP contribution in [0.25, 0.3) is 20.9 Å². The van der Waals surface area contributed by atoms with Gasteiger partial charge in [0.2, 0.25) is 11.9 Å². The van der Waals surface area contributed by atoms with Gasteiger partial charge in [0.25, 0.3) is 0 Å². The van der Waals surface area contributed by atoms with Gasteiger partial charge in [0.15, 0.2) is 30.5 Å². The first kappa shape index (κ1) is 74.3. The Morgan fingerprint density at radius 3 is 1.44 bits per heavy atom. The molecule has 23 heteroatoms. The maximum atomic E-state index is 13.4. The Labute approximate surface area is 569 Å². The summed E-state index contributed by atoms with van der Waals surface area (Å²) in [6.07, 6.45) is -6.31. The van der Waals surface area contributed by atoms with E-state index in [-0.39, 0.29) is 5.82 Å². The fraction of sp³-hybridized carbons (Fsp3) is 0.406. The molecule has 0 radical (unpaired) electrons. The molecule has 0 bridgehead atoms. The average Bonchev–Trinajstić information content (AvgIpc) is 1.96. The van der Waals surface area contributed by atoms with Crippen LogP contribution in [-0.2, 0) is 90.0 Å². The molecule has 4 heterocycles. The van der Waals surface area contributed by atoms with Crippen LogP contribution in [-0.4, -0.2) is 91.8 Å². The van der Waals surface area contributed by atoms with Crippen LogP contribution < -0.4 is 13.3 Å². The normalized spacial score (nSPS) is 22.1. The van der Waals surface area contributed by atoms with Crippen molar-refractivity contribution < 1.29 is 89.0 Å². The van der Waals surface area contributed by atoms with Crippen LogP contribution in [0.1, 0.15) is 123 Å². The summed E-state index contributed by atoms with van der Waals surface area (Å²) < 4.78 is 66.2. The molecule has 2 unspecified atom stereocenters. The molecule has 2 aliphatic rings. The standard InChI is InChI=1S/C32H35FO8S.C32H36O7S.I3.I2/c1-7-27-29(38-19(3)34)30(39-20(4)35)31(40-21(5)36)32(37-6,41-27)24-11-8-18(2)23(16-24)17-26-14-15-28(42-26)22-9-12-25(33)13-10-22;1-7-27-30(36-20(4)33)32(38-22(6)35)31(37-21(5)34)29(39-27)24-13-10-19(3)25(16-24)17-26-14-15-28(40-26)23-11-8-18(2)9-12-23;1-3-2;1-2/h8-16,27,29-31H,7,17H2,1-6H3;8-16,27,29-32H,7,17H2,1-6H3;;/q;;-1;/t27-,29-,30+,31-,32?;27-,29?,30-,31+,32+;;/m11../s1. The Morgan fingerprint density at radius 1 is 0.540 bits per heavy atom. The van der Waals surface area contributed by atoms with Gasteiger partial charge in [-0.05, 0) is 115 Å². The number of halogens is 6. The van der Waals surface area contributed by atoms with Crippen molar-refractivity contribution in [3.8, 4) is 20.9 Å². The van der Waals surface area contributed by atoms with Crippen LogP contribution >= 0.6 is 97.1 Å². The Hall–Kier alpha value is -3.44. The quantitative estimate of drug-likeness (QED) is 0.0477. The summed E-state index contributed by atoms with van der Waals surface area (Å²) >= 11 is 12.9. The van der Waals surface area contributed by atoms with Crippen molar-refractivity contribution in [1.29, 1.82) is 0 Å². The predicted octanol–water partition coefficient (Wildman–Crippen LogP) is 12.7. The third kappa shape index (κ3) is 20.8.